The van der Waals surface area contributed by atoms with Crippen LogP contribution in [0.3, 0.4) is 0 Å². The molecule has 0 bridgehead atoms. The molecule has 0 radical (unpaired) electrons. The second-order valence-electron chi connectivity index (χ2n) is 7.96. The number of aryl methyl sites for hydroxylation is 1. The van der Waals surface area contributed by atoms with Gasteiger partial charge in [0, 0.05) is 29.1 Å². The second kappa shape index (κ2) is 7.91. The van der Waals surface area contributed by atoms with Crippen molar-refractivity contribution in [2.24, 2.45) is 0 Å². The molecule has 3 amide bonds. The molecule has 1 aromatic heterocycles. The summed E-state index contributed by atoms with van der Waals surface area (Å²) in [4.78, 5) is 43.0. The number of fused-ring (bicyclic) bond motifs is 1. The Kier molecular flexibility index (Phi) is 5.27. The van der Waals surface area contributed by atoms with E-state index in [0.717, 1.165) is 33.4 Å². The van der Waals surface area contributed by atoms with Gasteiger partial charge in [0.15, 0.2) is 5.78 Å². The minimum Gasteiger partial charge on any atom is -0.496 e. The summed E-state index contributed by atoms with van der Waals surface area (Å²) >= 11 is 0. The Morgan fingerprint density at radius 1 is 1.10 bits per heavy atom. The Morgan fingerprint density at radius 3 is 2.58 bits per heavy atom. The summed E-state index contributed by atoms with van der Waals surface area (Å²) in [6, 6.07) is 12.6. The van der Waals surface area contributed by atoms with Crippen LogP contribution in [0.1, 0.15) is 35.3 Å². The molecule has 3 aromatic rings. The molecule has 1 aliphatic heterocycles. The largest absolute Gasteiger partial charge is 0.496 e. The van der Waals surface area contributed by atoms with E-state index in [1.807, 2.05) is 49.4 Å². The number of Topliss-reactive ketones (excluding diaryl/α,β-unsaturated/α-hetero) is 1. The van der Waals surface area contributed by atoms with E-state index in [-0.39, 0.29) is 18.7 Å². The number of hydrogen-bond donors (Lipinski definition) is 2. The van der Waals surface area contributed by atoms with Crippen molar-refractivity contribution in [3.05, 3.63) is 65.4 Å². The number of nitrogens with one attached hydrogen (secondary N) is 2. The van der Waals surface area contributed by atoms with Crippen LogP contribution in [0.25, 0.3) is 10.9 Å². The van der Waals surface area contributed by atoms with Crippen LogP contribution in [0.2, 0.25) is 0 Å². The summed E-state index contributed by atoms with van der Waals surface area (Å²) in [5.41, 5.74) is 2.14. The first-order chi connectivity index (χ1) is 14.9. The van der Waals surface area contributed by atoms with Crippen molar-refractivity contribution in [3.63, 3.8) is 0 Å². The van der Waals surface area contributed by atoms with Crippen LogP contribution in [0, 0.1) is 0 Å². The fraction of sp³-hybridized carbons (Fsp3) is 0.292. The summed E-state index contributed by atoms with van der Waals surface area (Å²) in [6.07, 6.45) is 2.75. The maximum atomic E-state index is 13.2. The number of hydrogen-bond acceptors (Lipinski definition) is 4. The lowest BCUT2D eigenvalue weighted by atomic mass is 9.92. The van der Waals surface area contributed by atoms with E-state index in [1.54, 1.807) is 20.2 Å². The van der Waals surface area contributed by atoms with Gasteiger partial charge in [0.1, 0.15) is 11.3 Å². The molecule has 0 spiro atoms. The van der Waals surface area contributed by atoms with E-state index in [9.17, 15) is 14.4 Å². The predicted octanol–water partition coefficient (Wildman–Crippen LogP) is 3.47. The van der Waals surface area contributed by atoms with Gasteiger partial charge in [-0.2, -0.15) is 0 Å². The predicted molar refractivity (Wildman–Crippen MR) is 117 cm³/mol. The van der Waals surface area contributed by atoms with Gasteiger partial charge < -0.3 is 15.0 Å². The van der Waals surface area contributed by atoms with Gasteiger partial charge in [0.2, 0.25) is 0 Å². The van der Waals surface area contributed by atoms with Crippen molar-refractivity contribution < 1.29 is 19.1 Å². The summed E-state index contributed by atoms with van der Waals surface area (Å²) in [6.45, 7) is 3.41. The Bertz CT molecular complexity index is 1180. The number of carbonyl (C=O) groups excluding carboxylic acids is 3. The summed E-state index contributed by atoms with van der Waals surface area (Å²) in [7, 11) is 1.56. The first-order valence-corrected chi connectivity index (χ1v) is 10.3. The molecule has 160 valence electrons. The Morgan fingerprint density at radius 2 is 1.84 bits per heavy atom. The Labute approximate surface area is 180 Å². The number of imide groups is 1. The molecule has 2 aromatic carbocycles. The van der Waals surface area contributed by atoms with Gasteiger partial charge in [-0.25, -0.2) is 4.79 Å². The molecule has 7 heteroatoms. The highest BCUT2D eigenvalue weighted by Gasteiger charge is 2.48. The zero-order valence-corrected chi connectivity index (χ0v) is 17.8. The van der Waals surface area contributed by atoms with Crippen molar-refractivity contribution in [2.75, 3.05) is 13.7 Å². The molecule has 31 heavy (non-hydrogen) atoms. The minimum atomic E-state index is -1.15. The van der Waals surface area contributed by atoms with E-state index in [0.29, 0.717) is 11.3 Å². The lowest BCUT2D eigenvalue weighted by Crippen LogP contribution is -2.46. The lowest BCUT2D eigenvalue weighted by molar-refractivity contribution is -0.130. The van der Waals surface area contributed by atoms with Crippen molar-refractivity contribution in [1.29, 1.82) is 0 Å². The van der Waals surface area contributed by atoms with Gasteiger partial charge in [0.05, 0.1) is 13.7 Å². The molecule has 0 unspecified atom stereocenters. The fourth-order valence-electron chi connectivity index (χ4n) is 4.21. The van der Waals surface area contributed by atoms with Crippen molar-refractivity contribution >= 4 is 28.6 Å². The van der Waals surface area contributed by atoms with Gasteiger partial charge in [-0.05, 0) is 30.5 Å². The molecule has 2 N–H and O–H groups in total. The van der Waals surface area contributed by atoms with Crippen LogP contribution in [0.5, 0.6) is 5.75 Å². The molecule has 0 aliphatic carbocycles. The van der Waals surface area contributed by atoms with Crippen LogP contribution in [-0.4, -0.2) is 46.8 Å². The van der Waals surface area contributed by atoms with Gasteiger partial charge in [0.25, 0.3) is 5.91 Å². The summed E-state index contributed by atoms with van der Waals surface area (Å²) in [5.74, 6) is -0.0683. The van der Waals surface area contributed by atoms with Crippen molar-refractivity contribution in [3.8, 4) is 5.75 Å². The average molecular weight is 419 g/mol. The zero-order chi connectivity index (χ0) is 22.2. The first kappa shape index (κ1) is 20.7. The first-order valence-electron chi connectivity index (χ1n) is 10.3. The molecule has 0 saturated carbocycles. The highest BCUT2D eigenvalue weighted by atomic mass is 16.5. The average Bonchev–Trinajstić information content (AvgIpc) is 3.29. The minimum absolute atomic E-state index is 0.263. The van der Waals surface area contributed by atoms with Crippen LogP contribution in [0.15, 0.2) is 48.7 Å². The van der Waals surface area contributed by atoms with Gasteiger partial charge >= 0.3 is 6.03 Å². The molecule has 4 rings (SSSR count). The maximum Gasteiger partial charge on any atom is 0.325 e. The number of ketones is 1. The summed E-state index contributed by atoms with van der Waals surface area (Å²) in [5, 5.41) is 3.56. The third-order valence-corrected chi connectivity index (χ3v) is 5.87. The molecule has 1 saturated heterocycles. The fourth-order valence-corrected chi connectivity index (χ4v) is 4.21. The number of aromatic amines is 1. The van der Waals surface area contributed by atoms with Crippen LogP contribution < -0.4 is 10.1 Å². The normalized spacial score (nSPS) is 18.5. The van der Waals surface area contributed by atoms with Crippen LogP contribution in [-0.2, 0) is 17.6 Å². The van der Waals surface area contributed by atoms with E-state index in [1.165, 1.54) is 0 Å². The zero-order valence-electron chi connectivity index (χ0n) is 17.8. The molecular formula is C24H25N3O4. The number of ether oxygens (including phenoxy) is 1. The van der Waals surface area contributed by atoms with E-state index in [4.69, 9.17) is 4.74 Å². The van der Waals surface area contributed by atoms with Crippen molar-refractivity contribution in [2.45, 2.75) is 32.2 Å². The number of para-hydroxylation sites is 2. The number of benzene rings is 2. The number of amides is 3. The van der Waals surface area contributed by atoms with E-state index < -0.39 is 17.5 Å². The number of aromatic nitrogens is 1. The third-order valence-electron chi connectivity index (χ3n) is 5.87. The highest BCUT2D eigenvalue weighted by Crippen LogP contribution is 2.28. The number of H-pyrrole nitrogens is 1. The number of nitrogens with zero attached hydrogens (tertiary/aromatic N) is 1. The Hall–Kier alpha value is -3.61. The third kappa shape index (κ3) is 3.56. The highest BCUT2D eigenvalue weighted by molar-refractivity contribution is 6.14. The number of carbonyl (C=O) groups is 3. The van der Waals surface area contributed by atoms with Crippen LogP contribution >= 0.6 is 0 Å². The molecule has 2 heterocycles. The smallest absolute Gasteiger partial charge is 0.325 e. The van der Waals surface area contributed by atoms with Crippen molar-refractivity contribution in [1.82, 2.24) is 15.2 Å². The number of rotatable bonds is 7. The molecule has 1 fully saturated rings. The SMILES string of the molecule is CCc1cccc2c(C(=O)CN3C(=O)N[C@@](C)(Cc4ccccc4OC)C3=O)c[nH]c12. The topological polar surface area (TPSA) is 91.5 Å². The number of methoxy groups -OCH3 is 1. The molecule has 7 nitrogen and oxygen atoms in total. The molecule has 1 atom stereocenters. The standard InChI is InChI=1S/C24H25N3O4/c1-4-15-9-7-10-17-18(13-25-21(15)17)19(28)14-27-22(29)24(2,26-23(27)30)12-16-8-5-6-11-20(16)31-3/h5-11,13,25H,4,12,14H2,1-3H3,(H,26,30)/t24-/m0/s1. The van der Waals surface area contributed by atoms with Gasteiger partial charge in [-0.15, -0.1) is 0 Å². The number of urea groups is 1. The van der Waals surface area contributed by atoms with Gasteiger partial charge in [-0.3, -0.25) is 14.5 Å². The quantitative estimate of drug-likeness (QED) is 0.453. The summed E-state index contributed by atoms with van der Waals surface area (Å²) < 4.78 is 5.37. The van der Waals surface area contributed by atoms with E-state index >= 15 is 0 Å². The second-order valence-corrected chi connectivity index (χ2v) is 7.96. The molecule has 1 aliphatic rings. The Balaban J connectivity index is 1.56. The monoisotopic (exact) mass is 419 g/mol. The van der Waals surface area contributed by atoms with Gasteiger partial charge in [-0.1, -0.05) is 43.3 Å². The maximum absolute atomic E-state index is 13.2. The molecular weight excluding hydrogens is 394 g/mol. The van der Waals surface area contributed by atoms with Crippen LogP contribution in [0.4, 0.5) is 4.79 Å². The van der Waals surface area contributed by atoms with E-state index in [2.05, 4.69) is 10.3 Å². The lowest BCUT2D eigenvalue weighted by Gasteiger charge is -2.22.